The summed E-state index contributed by atoms with van der Waals surface area (Å²) in [7, 11) is 0. The average Bonchev–Trinajstić information content (AvgIpc) is 2.40. The summed E-state index contributed by atoms with van der Waals surface area (Å²) < 4.78 is 0. The number of carbonyl (C=O) groups excluding carboxylic acids is 1. The Morgan fingerprint density at radius 3 is 2.94 bits per heavy atom. The molecule has 5 nitrogen and oxygen atoms in total. The van der Waals surface area contributed by atoms with Crippen molar-refractivity contribution in [3.05, 3.63) is 24.0 Å². The van der Waals surface area contributed by atoms with Gasteiger partial charge in [-0.15, -0.1) is 0 Å². The first kappa shape index (κ1) is 14.0. The summed E-state index contributed by atoms with van der Waals surface area (Å²) in [6.07, 6.45) is 1.95. The zero-order chi connectivity index (χ0) is 13.4. The van der Waals surface area contributed by atoms with Crippen molar-refractivity contribution >= 4 is 11.6 Å². The summed E-state index contributed by atoms with van der Waals surface area (Å²) in [5, 5.41) is 11.7. The van der Waals surface area contributed by atoms with E-state index in [0.29, 0.717) is 25.2 Å². The second kappa shape index (κ2) is 7.28. The van der Waals surface area contributed by atoms with Gasteiger partial charge in [0.25, 0.3) is 5.91 Å². The van der Waals surface area contributed by atoms with Crippen molar-refractivity contribution in [2.45, 2.75) is 20.3 Å². The molecule has 1 N–H and O–H groups in total. The van der Waals surface area contributed by atoms with Crippen LogP contribution in [0.2, 0.25) is 0 Å². The van der Waals surface area contributed by atoms with Crippen molar-refractivity contribution in [1.82, 2.24) is 9.88 Å². The first-order valence-corrected chi connectivity index (χ1v) is 6.09. The predicted octanol–water partition coefficient (Wildman–Crippen LogP) is 1.89. The molecule has 1 heterocycles. The first-order chi connectivity index (χ1) is 8.72. The number of aromatic nitrogens is 1. The van der Waals surface area contributed by atoms with E-state index in [9.17, 15) is 4.79 Å². The van der Waals surface area contributed by atoms with Crippen LogP contribution >= 0.6 is 0 Å². The smallest absolute Gasteiger partial charge is 0.272 e. The second-order valence-corrected chi connectivity index (χ2v) is 3.75. The van der Waals surface area contributed by atoms with Gasteiger partial charge in [0, 0.05) is 31.5 Å². The number of hydrogen-bond acceptors (Lipinski definition) is 4. The minimum Gasteiger partial charge on any atom is -0.385 e. The van der Waals surface area contributed by atoms with Crippen LogP contribution in [-0.2, 0) is 0 Å². The molecule has 18 heavy (non-hydrogen) atoms. The van der Waals surface area contributed by atoms with Crippen molar-refractivity contribution in [2.75, 3.05) is 25.0 Å². The highest BCUT2D eigenvalue weighted by atomic mass is 16.2. The standard InChI is InChI=1S/C13H18N4O/c1-3-15-11-6-8-16-12(10-11)13(18)17(4-2)9-5-7-14/h6,8,10H,3-5,9H2,1-2H3,(H,15,16). The number of pyridine rings is 1. The Morgan fingerprint density at radius 1 is 1.56 bits per heavy atom. The molecule has 1 aromatic heterocycles. The van der Waals surface area contributed by atoms with Gasteiger partial charge in [-0.25, -0.2) is 0 Å². The van der Waals surface area contributed by atoms with E-state index in [1.807, 2.05) is 26.0 Å². The second-order valence-electron chi connectivity index (χ2n) is 3.75. The average molecular weight is 246 g/mol. The molecule has 0 spiro atoms. The minimum absolute atomic E-state index is 0.132. The molecule has 5 heteroatoms. The molecule has 0 unspecified atom stereocenters. The molecule has 0 aliphatic rings. The largest absolute Gasteiger partial charge is 0.385 e. The van der Waals surface area contributed by atoms with Crippen LogP contribution in [0.3, 0.4) is 0 Å². The molecule has 0 aromatic carbocycles. The van der Waals surface area contributed by atoms with Gasteiger partial charge in [0.2, 0.25) is 0 Å². The van der Waals surface area contributed by atoms with Crippen LogP contribution in [0.4, 0.5) is 5.69 Å². The molecule has 96 valence electrons. The Bertz CT molecular complexity index is 439. The number of amides is 1. The van der Waals surface area contributed by atoms with Gasteiger partial charge in [0.15, 0.2) is 0 Å². The van der Waals surface area contributed by atoms with Crippen LogP contribution in [0.1, 0.15) is 30.8 Å². The number of nitrogens with zero attached hydrogens (tertiary/aromatic N) is 3. The van der Waals surface area contributed by atoms with Crippen molar-refractivity contribution in [3.63, 3.8) is 0 Å². The lowest BCUT2D eigenvalue weighted by Crippen LogP contribution is -2.32. The highest BCUT2D eigenvalue weighted by Crippen LogP contribution is 2.10. The zero-order valence-corrected chi connectivity index (χ0v) is 10.8. The van der Waals surface area contributed by atoms with Crippen LogP contribution in [0.5, 0.6) is 0 Å². The highest BCUT2D eigenvalue weighted by Gasteiger charge is 2.15. The van der Waals surface area contributed by atoms with E-state index in [-0.39, 0.29) is 5.91 Å². The van der Waals surface area contributed by atoms with Crippen LogP contribution < -0.4 is 5.32 Å². The van der Waals surface area contributed by atoms with Crippen molar-refractivity contribution < 1.29 is 4.79 Å². The first-order valence-electron chi connectivity index (χ1n) is 6.09. The molecule has 1 rings (SSSR count). The third-order valence-electron chi connectivity index (χ3n) is 2.52. The molecule has 0 fully saturated rings. The van der Waals surface area contributed by atoms with Crippen LogP contribution in [0.15, 0.2) is 18.3 Å². The van der Waals surface area contributed by atoms with Gasteiger partial charge in [-0.3, -0.25) is 9.78 Å². The minimum atomic E-state index is -0.132. The maximum Gasteiger partial charge on any atom is 0.272 e. The topological polar surface area (TPSA) is 69.0 Å². The lowest BCUT2D eigenvalue weighted by molar-refractivity contribution is 0.0762. The van der Waals surface area contributed by atoms with Crippen LogP contribution in [0.25, 0.3) is 0 Å². The van der Waals surface area contributed by atoms with Crippen LogP contribution in [-0.4, -0.2) is 35.4 Å². The van der Waals surface area contributed by atoms with Crippen molar-refractivity contribution in [1.29, 1.82) is 5.26 Å². The van der Waals surface area contributed by atoms with E-state index >= 15 is 0 Å². The Labute approximate surface area is 107 Å². The third kappa shape index (κ3) is 3.74. The maximum absolute atomic E-state index is 12.2. The van der Waals surface area contributed by atoms with Gasteiger partial charge in [-0.2, -0.15) is 5.26 Å². The molecule has 0 aliphatic heterocycles. The molecule has 0 aliphatic carbocycles. The summed E-state index contributed by atoms with van der Waals surface area (Å²) in [5.74, 6) is -0.132. The lowest BCUT2D eigenvalue weighted by Gasteiger charge is -2.19. The predicted molar refractivity (Wildman–Crippen MR) is 70.2 cm³/mol. The maximum atomic E-state index is 12.2. The van der Waals surface area contributed by atoms with Gasteiger partial charge in [0.05, 0.1) is 12.5 Å². The fourth-order valence-electron chi connectivity index (χ4n) is 1.61. The van der Waals surface area contributed by atoms with E-state index in [1.54, 1.807) is 17.2 Å². The zero-order valence-electron chi connectivity index (χ0n) is 10.8. The van der Waals surface area contributed by atoms with E-state index in [4.69, 9.17) is 5.26 Å². The Balaban J connectivity index is 2.81. The number of anilines is 1. The van der Waals surface area contributed by atoms with Crippen LogP contribution in [0, 0.1) is 11.3 Å². The molecule has 1 amide bonds. The number of hydrogen-bond donors (Lipinski definition) is 1. The molecule has 0 atom stereocenters. The molecule has 0 saturated heterocycles. The van der Waals surface area contributed by atoms with E-state index in [0.717, 1.165) is 12.2 Å². The highest BCUT2D eigenvalue weighted by molar-refractivity contribution is 5.93. The fraction of sp³-hybridized carbons (Fsp3) is 0.462. The molecule has 0 bridgehead atoms. The number of nitriles is 1. The molecule has 0 saturated carbocycles. The van der Waals surface area contributed by atoms with Crippen molar-refractivity contribution in [3.8, 4) is 6.07 Å². The van der Waals surface area contributed by atoms with Gasteiger partial charge in [-0.05, 0) is 26.0 Å². The van der Waals surface area contributed by atoms with E-state index in [2.05, 4.69) is 10.3 Å². The van der Waals surface area contributed by atoms with Gasteiger partial charge in [-0.1, -0.05) is 0 Å². The lowest BCUT2D eigenvalue weighted by atomic mass is 10.2. The summed E-state index contributed by atoms with van der Waals surface area (Å²) >= 11 is 0. The number of rotatable bonds is 6. The van der Waals surface area contributed by atoms with Gasteiger partial charge >= 0.3 is 0 Å². The SMILES string of the molecule is CCNc1ccnc(C(=O)N(CC)CCC#N)c1. The Hall–Kier alpha value is -2.09. The van der Waals surface area contributed by atoms with E-state index < -0.39 is 0 Å². The quantitative estimate of drug-likeness (QED) is 0.832. The third-order valence-corrected chi connectivity index (χ3v) is 2.52. The summed E-state index contributed by atoms with van der Waals surface area (Å²) in [6.45, 7) is 5.70. The van der Waals surface area contributed by atoms with Gasteiger partial charge < -0.3 is 10.2 Å². The number of carbonyl (C=O) groups is 1. The summed E-state index contributed by atoms with van der Waals surface area (Å²) in [6, 6.07) is 5.61. The van der Waals surface area contributed by atoms with Gasteiger partial charge in [0.1, 0.15) is 5.69 Å². The summed E-state index contributed by atoms with van der Waals surface area (Å²) in [4.78, 5) is 17.9. The van der Waals surface area contributed by atoms with Crippen molar-refractivity contribution in [2.24, 2.45) is 0 Å². The Kier molecular flexibility index (Phi) is 5.65. The normalized spacial score (nSPS) is 9.61. The number of nitrogens with one attached hydrogen (secondary N) is 1. The van der Waals surface area contributed by atoms with E-state index in [1.165, 1.54) is 0 Å². The summed E-state index contributed by atoms with van der Waals surface area (Å²) in [5.41, 5.74) is 1.29. The fourth-order valence-corrected chi connectivity index (χ4v) is 1.61. The molecular weight excluding hydrogens is 228 g/mol. The molecule has 1 aromatic rings. The Morgan fingerprint density at radius 2 is 2.33 bits per heavy atom. The molecule has 0 radical (unpaired) electrons. The monoisotopic (exact) mass is 246 g/mol. The molecular formula is C13H18N4O.